The van der Waals surface area contributed by atoms with Crippen LogP contribution in [0.4, 0.5) is 5.69 Å². The maximum atomic E-state index is 10.1. The molecule has 6 nitrogen and oxygen atoms in total. The maximum absolute atomic E-state index is 10.1. The van der Waals surface area contributed by atoms with Gasteiger partial charge in [-0.2, -0.15) is 5.10 Å². The zero-order valence-corrected chi connectivity index (χ0v) is 15.0. The highest BCUT2D eigenvalue weighted by molar-refractivity contribution is 5.66. The molecule has 1 unspecified atom stereocenters. The summed E-state index contributed by atoms with van der Waals surface area (Å²) in [4.78, 5) is 15.3. The Morgan fingerprint density at radius 1 is 1.15 bits per heavy atom. The van der Waals surface area contributed by atoms with Crippen LogP contribution in [0.25, 0.3) is 6.08 Å². The standard InChI is InChI=1S/C20H24N4O2/c1-15(11-12-23-24-14-25)13-16-3-5-17(6-4-16)20(26-21)18-7-9-19(22-2)10-8-18/h3-10,12-14,20,22H,11,21H2,1-2H3,(H,24,25). The van der Waals surface area contributed by atoms with Gasteiger partial charge in [-0.1, -0.05) is 48.0 Å². The van der Waals surface area contributed by atoms with E-state index in [9.17, 15) is 4.79 Å². The first-order valence-electron chi connectivity index (χ1n) is 8.29. The third-order valence-corrected chi connectivity index (χ3v) is 3.92. The van der Waals surface area contributed by atoms with Crippen LogP contribution < -0.4 is 16.6 Å². The highest BCUT2D eigenvalue weighted by Crippen LogP contribution is 2.26. The lowest BCUT2D eigenvalue weighted by molar-refractivity contribution is -0.109. The molecular weight excluding hydrogens is 328 g/mol. The molecular formula is C20H24N4O2. The van der Waals surface area contributed by atoms with Gasteiger partial charge in [-0.3, -0.25) is 15.1 Å². The van der Waals surface area contributed by atoms with Gasteiger partial charge in [0.05, 0.1) is 0 Å². The number of hydrogen-bond donors (Lipinski definition) is 3. The summed E-state index contributed by atoms with van der Waals surface area (Å²) in [6.07, 6.45) is 4.60. The zero-order valence-electron chi connectivity index (χ0n) is 15.0. The molecule has 0 spiro atoms. The minimum atomic E-state index is -0.318. The molecule has 26 heavy (non-hydrogen) atoms. The largest absolute Gasteiger partial charge is 0.388 e. The second-order valence-corrected chi connectivity index (χ2v) is 5.81. The van der Waals surface area contributed by atoms with E-state index in [0.717, 1.165) is 28.0 Å². The van der Waals surface area contributed by atoms with Crippen LogP contribution in [0.15, 0.2) is 59.2 Å². The number of rotatable bonds is 9. The van der Waals surface area contributed by atoms with Gasteiger partial charge >= 0.3 is 0 Å². The fourth-order valence-electron chi connectivity index (χ4n) is 2.56. The summed E-state index contributed by atoms with van der Waals surface area (Å²) in [5.74, 6) is 5.53. The van der Waals surface area contributed by atoms with Gasteiger partial charge in [-0.15, -0.1) is 0 Å². The number of carbonyl (C=O) groups excluding carboxylic acids is 1. The number of nitrogens with zero attached hydrogens (tertiary/aromatic N) is 1. The van der Waals surface area contributed by atoms with E-state index < -0.39 is 0 Å². The Morgan fingerprint density at radius 2 is 1.77 bits per heavy atom. The number of allylic oxidation sites excluding steroid dienone is 1. The van der Waals surface area contributed by atoms with Crippen LogP contribution in [0.2, 0.25) is 0 Å². The average Bonchev–Trinajstić information content (AvgIpc) is 2.68. The second-order valence-electron chi connectivity index (χ2n) is 5.81. The van der Waals surface area contributed by atoms with Crippen molar-refractivity contribution in [2.24, 2.45) is 11.0 Å². The number of carbonyl (C=O) groups is 1. The van der Waals surface area contributed by atoms with Crippen molar-refractivity contribution in [3.8, 4) is 0 Å². The van der Waals surface area contributed by atoms with Gasteiger partial charge in [0.2, 0.25) is 6.41 Å². The maximum Gasteiger partial charge on any atom is 0.227 e. The molecule has 2 aromatic carbocycles. The van der Waals surface area contributed by atoms with Crippen LogP contribution >= 0.6 is 0 Å². The lowest BCUT2D eigenvalue weighted by Gasteiger charge is -2.16. The molecule has 0 bridgehead atoms. The van der Waals surface area contributed by atoms with E-state index >= 15 is 0 Å². The fraction of sp³-hybridized carbons (Fsp3) is 0.200. The monoisotopic (exact) mass is 352 g/mol. The van der Waals surface area contributed by atoms with Crippen molar-refractivity contribution in [2.75, 3.05) is 12.4 Å². The number of hydrogen-bond acceptors (Lipinski definition) is 5. The topological polar surface area (TPSA) is 88.7 Å². The molecule has 6 heteroatoms. The van der Waals surface area contributed by atoms with Crippen molar-refractivity contribution in [1.29, 1.82) is 0 Å². The molecule has 136 valence electrons. The van der Waals surface area contributed by atoms with Crippen LogP contribution in [0.5, 0.6) is 0 Å². The van der Waals surface area contributed by atoms with E-state index in [-0.39, 0.29) is 6.10 Å². The summed E-state index contributed by atoms with van der Waals surface area (Å²) in [5, 5.41) is 6.84. The molecule has 4 N–H and O–H groups in total. The molecule has 1 atom stereocenters. The molecule has 2 aromatic rings. The zero-order chi connectivity index (χ0) is 18.8. The Labute approximate surface area is 153 Å². The summed E-state index contributed by atoms with van der Waals surface area (Å²) in [7, 11) is 1.88. The summed E-state index contributed by atoms with van der Waals surface area (Å²) >= 11 is 0. The molecule has 0 heterocycles. The Hall–Kier alpha value is -2.96. The van der Waals surface area contributed by atoms with Gasteiger partial charge in [-0.05, 0) is 35.7 Å². The third-order valence-electron chi connectivity index (χ3n) is 3.92. The minimum absolute atomic E-state index is 0.318. The average molecular weight is 352 g/mol. The van der Waals surface area contributed by atoms with E-state index in [1.54, 1.807) is 6.21 Å². The van der Waals surface area contributed by atoms with Crippen molar-refractivity contribution in [1.82, 2.24) is 5.43 Å². The fourth-order valence-corrected chi connectivity index (χ4v) is 2.56. The van der Waals surface area contributed by atoms with Crippen molar-refractivity contribution >= 4 is 24.4 Å². The number of nitrogens with one attached hydrogen (secondary N) is 2. The Bertz CT molecular complexity index is 752. The smallest absolute Gasteiger partial charge is 0.227 e. The Morgan fingerprint density at radius 3 is 2.31 bits per heavy atom. The van der Waals surface area contributed by atoms with E-state index in [1.807, 2.05) is 62.5 Å². The van der Waals surface area contributed by atoms with Crippen LogP contribution in [-0.2, 0) is 9.63 Å². The molecule has 0 saturated heterocycles. The predicted octanol–water partition coefficient (Wildman–Crippen LogP) is 3.23. The van der Waals surface area contributed by atoms with Gasteiger partial charge in [0.25, 0.3) is 0 Å². The molecule has 1 amide bonds. The second kappa shape index (κ2) is 10.1. The van der Waals surface area contributed by atoms with Gasteiger partial charge in [0.15, 0.2) is 0 Å². The van der Waals surface area contributed by atoms with Crippen LogP contribution in [-0.4, -0.2) is 19.7 Å². The SMILES string of the molecule is CNc1ccc(C(ON)c2ccc(C=C(C)CC=NNC=O)cc2)cc1. The summed E-state index contributed by atoms with van der Waals surface area (Å²) in [6.45, 7) is 2.01. The molecule has 0 fully saturated rings. The van der Waals surface area contributed by atoms with E-state index in [0.29, 0.717) is 12.8 Å². The number of amides is 1. The lowest BCUT2D eigenvalue weighted by atomic mass is 9.99. The van der Waals surface area contributed by atoms with Crippen LogP contribution in [0.1, 0.15) is 36.1 Å². The molecule has 0 aromatic heterocycles. The lowest BCUT2D eigenvalue weighted by Crippen LogP contribution is -2.10. The van der Waals surface area contributed by atoms with Gasteiger partial charge in [-0.25, -0.2) is 5.90 Å². The van der Waals surface area contributed by atoms with Gasteiger partial charge in [0, 0.05) is 25.4 Å². The quantitative estimate of drug-likeness (QED) is 0.367. The molecule has 0 saturated carbocycles. The van der Waals surface area contributed by atoms with E-state index in [2.05, 4.69) is 21.9 Å². The normalized spacial score (nSPS) is 12.8. The number of anilines is 1. The molecule has 0 aliphatic heterocycles. The molecule has 2 rings (SSSR count). The summed E-state index contributed by atoms with van der Waals surface area (Å²) in [5.41, 5.74) is 7.46. The van der Waals surface area contributed by atoms with Crippen molar-refractivity contribution in [3.05, 3.63) is 70.8 Å². The Kier molecular flexibility index (Phi) is 7.54. The number of benzene rings is 2. The van der Waals surface area contributed by atoms with Crippen molar-refractivity contribution < 1.29 is 9.63 Å². The van der Waals surface area contributed by atoms with Crippen molar-refractivity contribution in [3.63, 3.8) is 0 Å². The van der Waals surface area contributed by atoms with E-state index in [1.165, 1.54) is 0 Å². The molecule has 0 aliphatic carbocycles. The molecule has 0 aliphatic rings. The number of nitrogens with two attached hydrogens (primary N) is 1. The third kappa shape index (κ3) is 5.54. The van der Waals surface area contributed by atoms with Gasteiger partial charge < -0.3 is 5.32 Å². The molecule has 0 radical (unpaired) electrons. The van der Waals surface area contributed by atoms with Crippen LogP contribution in [0, 0.1) is 0 Å². The summed E-state index contributed by atoms with van der Waals surface area (Å²) < 4.78 is 0. The summed E-state index contributed by atoms with van der Waals surface area (Å²) in [6, 6.07) is 16.0. The highest BCUT2D eigenvalue weighted by atomic mass is 16.6. The van der Waals surface area contributed by atoms with Gasteiger partial charge in [0.1, 0.15) is 6.10 Å². The minimum Gasteiger partial charge on any atom is -0.388 e. The highest BCUT2D eigenvalue weighted by Gasteiger charge is 2.13. The first-order chi connectivity index (χ1) is 12.7. The van der Waals surface area contributed by atoms with E-state index in [4.69, 9.17) is 10.7 Å². The van der Waals surface area contributed by atoms with Crippen LogP contribution in [0.3, 0.4) is 0 Å². The first kappa shape index (κ1) is 19.4. The Balaban J connectivity index is 2.09. The van der Waals surface area contributed by atoms with Crippen molar-refractivity contribution in [2.45, 2.75) is 19.4 Å². The number of hydrazone groups is 1. The first-order valence-corrected chi connectivity index (χ1v) is 8.29. The predicted molar refractivity (Wildman–Crippen MR) is 106 cm³/mol.